The summed E-state index contributed by atoms with van der Waals surface area (Å²) in [7, 11) is -3.68. The fourth-order valence-corrected chi connectivity index (χ4v) is 5.01. The Hall–Kier alpha value is -3.69. The van der Waals surface area contributed by atoms with Gasteiger partial charge in [-0.25, -0.2) is 13.8 Å². The van der Waals surface area contributed by atoms with Gasteiger partial charge in [-0.15, -0.1) is 0 Å². The second-order valence-corrected chi connectivity index (χ2v) is 10.8. The zero-order valence-corrected chi connectivity index (χ0v) is 21.9. The summed E-state index contributed by atoms with van der Waals surface area (Å²) in [5, 5.41) is 6.30. The molecule has 184 valence electrons. The Morgan fingerprint density at radius 1 is 0.972 bits per heavy atom. The van der Waals surface area contributed by atoms with Crippen LogP contribution >= 0.6 is 15.9 Å². The minimum atomic E-state index is -3.68. The first-order chi connectivity index (χ1) is 17.3. The molecule has 4 aromatic carbocycles. The number of para-hydroxylation sites is 1. The Labute approximate surface area is 218 Å². The standard InChI is InChI=1S/C27H24BrN3O4S/c1-36(33,34)31(26-9-5-4-8-25(26)28)18-27(32)30-29-17-20-11-14-24(15-12-20)35-19-21-10-13-22-6-2-3-7-23(22)16-21/h2-17H,18-19H2,1H3,(H,30,32)/b29-17-. The molecule has 1 N–H and O–H groups in total. The van der Waals surface area contributed by atoms with Crippen molar-refractivity contribution < 1.29 is 17.9 Å². The predicted molar refractivity (Wildman–Crippen MR) is 147 cm³/mol. The van der Waals surface area contributed by atoms with Gasteiger partial charge >= 0.3 is 0 Å². The zero-order valence-electron chi connectivity index (χ0n) is 19.5. The van der Waals surface area contributed by atoms with Gasteiger partial charge in [-0.1, -0.05) is 48.5 Å². The van der Waals surface area contributed by atoms with Crippen molar-refractivity contribution in [3.8, 4) is 5.75 Å². The number of sulfonamides is 1. The fourth-order valence-electron chi connectivity index (χ4n) is 3.53. The topological polar surface area (TPSA) is 88.1 Å². The van der Waals surface area contributed by atoms with Gasteiger partial charge in [-0.2, -0.15) is 5.10 Å². The molecule has 9 heteroatoms. The summed E-state index contributed by atoms with van der Waals surface area (Å²) in [4.78, 5) is 12.4. The summed E-state index contributed by atoms with van der Waals surface area (Å²) in [6, 6.07) is 28.5. The molecule has 0 heterocycles. The lowest BCUT2D eigenvalue weighted by atomic mass is 10.1. The van der Waals surface area contributed by atoms with Crippen molar-refractivity contribution >= 4 is 54.5 Å². The molecule has 0 spiro atoms. The van der Waals surface area contributed by atoms with Crippen LogP contribution in [0.4, 0.5) is 5.69 Å². The maximum absolute atomic E-state index is 12.4. The minimum absolute atomic E-state index is 0.374. The van der Waals surface area contributed by atoms with Crippen LogP contribution in [0.1, 0.15) is 11.1 Å². The molecular formula is C27H24BrN3O4S. The third-order valence-electron chi connectivity index (χ3n) is 5.31. The molecule has 1 amide bonds. The van der Waals surface area contributed by atoms with Gasteiger partial charge in [-0.3, -0.25) is 9.10 Å². The molecule has 0 saturated carbocycles. The molecule has 0 fully saturated rings. The van der Waals surface area contributed by atoms with Gasteiger partial charge < -0.3 is 4.74 Å². The SMILES string of the molecule is CS(=O)(=O)N(CC(=O)N/N=C\c1ccc(OCc2ccc3ccccc3c2)cc1)c1ccccc1Br. The second kappa shape index (κ2) is 11.4. The van der Waals surface area contributed by atoms with E-state index >= 15 is 0 Å². The van der Waals surface area contributed by atoms with Crippen molar-refractivity contribution in [3.05, 3.63) is 107 Å². The van der Waals surface area contributed by atoms with Gasteiger partial charge in [-0.05, 0) is 80.3 Å². The number of hydrogen-bond donors (Lipinski definition) is 1. The Morgan fingerprint density at radius 3 is 2.39 bits per heavy atom. The second-order valence-electron chi connectivity index (χ2n) is 8.05. The first-order valence-corrected chi connectivity index (χ1v) is 13.7. The van der Waals surface area contributed by atoms with E-state index in [1.807, 2.05) is 42.5 Å². The number of hydrogen-bond acceptors (Lipinski definition) is 5. The number of rotatable bonds is 9. The molecule has 7 nitrogen and oxygen atoms in total. The van der Waals surface area contributed by atoms with Gasteiger partial charge in [0.25, 0.3) is 5.91 Å². The lowest BCUT2D eigenvalue weighted by Gasteiger charge is -2.22. The smallest absolute Gasteiger partial charge is 0.260 e. The maximum atomic E-state index is 12.4. The third kappa shape index (κ3) is 6.71. The summed E-state index contributed by atoms with van der Waals surface area (Å²) in [6.45, 7) is 0.0447. The van der Waals surface area contributed by atoms with Crippen molar-refractivity contribution in [2.75, 3.05) is 17.1 Å². The van der Waals surface area contributed by atoms with E-state index in [4.69, 9.17) is 4.74 Å². The molecule has 36 heavy (non-hydrogen) atoms. The molecular weight excluding hydrogens is 542 g/mol. The van der Waals surface area contributed by atoms with Crippen LogP contribution in [0.25, 0.3) is 10.8 Å². The lowest BCUT2D eigenvalue weighted by Crippen LogP contribution is -2.39. The number of hydrazone groups is 1. The van der Waals surface area contributed by atoms with E-state index in [-0.39, 0.29) is 0 Å². The Bertz CT molecular complexity index is 1510. The lowest BCUT2D eigenvalue weighted by molar-refractivity contribution is -0.119. The number of nitrogens with one attached hydrogen (secondary N) is 1. The van der Waals surface area contributed by atoms with E-state index in [0.717, 1.165) is 21.7 Å². The highest BCUT2D eigenvalue weighted by Gasteiger charge is 2.22. The average molecular weight is 566 g/mol. The van der Waals surface area contributed by atoms with Crippen molar-refractivity contribution in [2.45, 2.75) is 6.61 Å². The minimum Gasteiger partial charge on any atom is -0.489 e. The van der Waals surface area contributed by atoms with E-state index in [0.29, 0.717) is 22.5 Å². The molecule has 0 aliphatic rings. The van der Waals surface area contributed by atoms with E-state index in [1.54, 1.807) is 24.3 Å². The summed E-state index contributed by atoms with van der Waals surface area (Å²) in [5.74, 6) is 0.143. The molecule has 4 aromatic rings. The monoisotopic (exact) mass is 565 g/mol. The highest BCUT2D eigenvalue weighted by Crippen LogP contribution is 2.27. The highest BCUT2D eigenvalue weighted by atomic mass is 79.9. The van der Waals surface area contributed by atoms with Gasteiger partial charge in [0, 0.05) is 4.47 Å². The van der Waals surface area contributed by atoms with Gasteiger partial charge in [0.1, 0.15) is 18.9 Å². The Morgan fingerprint density at radius 2 is 1.67 bits per heavy atom. The van der Waals surface area contributed by atoms with Crippen molar-refractivity contribution in [3.63, 3.8) is 0 Å². The molecule has 0 radical (unpaired) electrons. The van der Waals surface area contributed by atoms with Crippen LogP contribution in [-0.4, -0.2) is 33.3 Å². The maximum Gasteiger partial charge on any atom is 0.260 e. The molecule has 0 saturated heterocycles. The number of carbonyl (C=O) groups is 1. The first kappa shape index (κ1) is 25.4. The number of halogens is 1. The summed E-state index contributed by atoms with van der Waals surface area (Å²) < 4.78 is 31.9. The van der Waals surface area contributed by atoms with Crippen LogP contribution in [0.15, 0.2) is 101 Å². The number of benzene rings is 4. The highest BCUT2D eigenvalue weighted by molar-refractivity contribution is 9.10. The summed E-state index contributed by atoms with van der Waals surface area (Å²) in [5.41, 5.74) is 4.58. The number of carbonyl (C=O) groups excluding carboxylic acids is 1. The number of anilines is 1. The molecule has 0 atom stereocenters. The van der Waals surface area contributed by atoms with E-state index < -0.39 is 22.5 Å². The van der Waals surface area contributed by atoms with Crippen LogP contribution in [-0.2, 0) is 21.4 Å². The molecule has 0 aliphatic carbocycles. The van der Waals surface area contributed by atoms with Crippen molar-refractivity contribution in [1.82, 2.24) is 5.43 Å². The van der Waals surface area contributed by atoms with Crippen LogP contribution in [0.3, 0.4) is 0 Å². The molecule has 0 bridgehead atoms. The zero-order chi connectivity index (χ0) is 25.5. The quantitative estimate of drug-likeness (QED) is 0.226. The van der Waals surface area contributed by atoms with Crippen molar-refractivity contribution in [2.24, 2.45) is 5.10 Å². The molecule has 4 rings (SSSR count). The summed E-state index contributed by atoms with van der Waals surface area (Å²) >= 11 is 3.32. The number of nitrogens with zero attached hydrogens (tertiary/aromatic N) is 2. The fraction of sp³-hybridized carbons (Fsp3) is 0.111. The number of amides is 1. The first-order valence-electron chi connectivity index (χ1n) is 11.0. The normalized spacial score (nSPS) is 11.5. The van der Waals surface area contributed by atoms with Gasteiger partial charge in [0.2, 0.25) is 10.0 Å². The van der Waals surface area contributed by atoms with Crippen LogP contribution < -0.4 is 14.5 Å². The number of ether oxygens (including phenoxy) is 1. The molecule has 0 unspecified atom stereocenters. The van der Waals surface area contributed by atoms with Crippen LogP contribution in [0.2, 0.25) is 0 Å². The number of fused-ring (bicyclic) bond motifs is 1. The van der Waals surface area contributed by atoms with Crippen molar-refractivity contribution in [1.29, 1.82) is 0 Å². The third-order valence-corrected chi connectivity index (χ3v) is 7.11. The van der Waals surface area contributed by atoms with Crippen LogP contribution in [0, 0.1) is 0 Å². The Balaban J connectivity index is 1.31. The van der Waals surface area contributed by atoms with E-state index in [2.05, 4.69) is 50.7 Å². The molecule has 0 aromatic heterocycles. The summed E-state index contributed by atoms with van der Waals surface area (Å²) in [6.07, 6.45) is 2.53. The van der Waals surface area contributed by atoms with Gasteiger partial charge in [0.15, 0.2) is 0 Å². The Kier molecular flexibility index (Phi) is 8.02. The van der Waals surface area contributed by atoms with Gasteiger partial charge in [0.05, 0.1) is 18.2 Å². The predicted octanol–water partition coefficient (Wildman–Crippen LogP) is 5.10. The van der Waals surface area contributed by atoms with E-state index in [1.165, 1.54) is 17.0 Å². The van der Waals surface area contributed by atoms with E-state index in [9.17, 15) is 13.2 Å². The largest absolute Gasteiger partial charge is 0.489 e. The van der Waals surface area contributed by atoms with Crippen LogP contribution in [0.5, 0.6) is 5.75 Å². The average Bonchev–Trinajstić information content (AvgIpc) is 2.86. The molecule has 0 aliphatic heterocycles.